The summed E-state index contributed by atoms with van der Waals surface area (Å²) in [6.45, 7) is 6.64. The summed E-state index contributed by atoms with van der Waals surface area (Å²) < 4.78 is 14.7. The maximum absolute atomic E-state index is 14.7. The Morgan fingerprint density at radius 2 is 2.03 bits per heavy atom. The normalized spacial score (nSPS) is 11.2. The summed E-state index contributed by atoms with van der Waals surface area (Å²) in [5.74, 6) is 0.328. The van der Waals surface area contributed by atoms with Crippen molar-refractivity contribution >= 4 is 23.0 Å². The highest BCUT2D eigenvalue weighted by molar-refractivity contribution is 5.98. The van der Waals surface area contributed by atoms with E-state index in [4.69, 9.17) is 0 Å². The monoisotopic (exact) mass is 432 g/mol. The molecule has 0 spiro atoms. The lowest BCUT2D eigenvalue weighted by Gasteiger charge is -2.10. The number of carbonyl (C=O) groups excluding carboxylic acids is 1. The lowest BCUT2D eigenvalue weighted by Crippen LogP contribution is -2.28. The van der Waals surface area contributed by atoms with Crippen LogP contribution in [-0.2, 0) is 6.42 Å². The molecule has 3 aromatic heterocycles. The van der Waals surface area contributed by atoms with Crippen molar-refractivity contribution < 1.29 is 9.18 Å². The van der Waals surface area contributed by atoms with E-state index >= 15 is 0 Å². The van der Waals surface area contributed by atoms with Gasteiger partial charge in [0.25, 0.3) is 0 Å². The number of benzene rings is 1. The first kappa shape index (κ1) is 21.4. The van der Waals surface area contributed by atoms with Gasteiger partial charge in [-0.3, -0.25) is 15.3 Å². The van der Waals surface area contributed by atoms with Crippen LogP contribution in [0.2, 0.25) is 0 Å². The Kier molecular flexibility index (Phi) is 6.11. The molecule has 2 amide bonds. The van der Waals surface area contributed by atoms with Crippen LogP contribution in [0.1, 0.15) is 26.3 Å². The number of fused-ring (bicyclic) bond motifs is 1. The summed E-state index contributed by atoms with van der Waals surface area (Å²) >= 11 is 0. The van der Waals surface area contributed by atoms with Gasteiger partial charge in [0, 0.05) is 36.3 Å². The lowest BCUT2D eigenvalue weighted by molar-refractivity contribution is 0.252. The van der Waals surface area contributed by atoms with Crippen LogP contribution < -0.4 is 10.6 Å². The number of pyridine rings is 2. The number of anilines is 1. The van der Waals surface area contributed by atoms with Gasteiger partial charge in [-0.05, 0) is 60.7 Å². The zero-order valence-corrected chi connectivity index (χ0v) is 18.2. The van der Waals surface area contributed by atoms with Crippen molar-refractivity contribution in [3.63, 3.8) is 0 Å². The van der Waals surface area contributed by atoms with E-state index in [9.17, 15) is 9.18 Å². The highest BCUT2D eigenvalue weighted by atomic mass is 19.1. The van der Waals surface area contributed by atoms with Crippen LogP contribution in [0.4, 0.5) is 15.1 Å². The average Bonchev–Trinajstić information content (AvgIpc) is 3.15. The van der Waals surface area contributed by atoms with Crippen molar-refractivity contribution in [2.24, 2.45) is 5.92 Å². The number of rotatable bonds is 6. The molecule has 0 atom stereocenters. The minimum absolute atomic E-state index is 0.196. The molecule has 1 aromatic carbocycles. The molecule has 0 aliphatic carbocycles. The summed E-state index contributed by atoms with van der Waals surface area (Å²) in [6.07, 6.45) is 6.11. The van der Waals surface area contributed by atoms with Gasteiger partial charge in [-0.1, -0.05) is 13.8 Å². The molecule has 3 N–H and O–H groups in total. The number of aromatic nitrogens is 4. The van der Waals surface area contributed by atoms with E-state index in [1.807, 2.05) is 25.3 Å². The van der Waals surface area contributed by atoms with Crippen molar-refractivity contribution in [2.75, 3.05) is 11.9 Å². The van der Waals surface area contributed by atoms with Crippen LogP contribution in [0.25, 0.3) is 33.4 Å². The summed E-state index contributed by atoms with van der Waals surface area (Å²) in [6, 6.07) is 8.42. The molecule has 4 rings (SSSR count). The Balaban J connectivity index is 1.86. The number of halogens is 1. The number of amides is 2. The quantitative estimate of drug-likeness (QED) is 0.392. The van der Waals surface area contributed by atoms with Crippen molar-refractivity contribution in [1.29, 1.82) is 0 Å². The predicted octanol–water partition coefficient (Wildman–Crippen LogP) is 5.17. The molecule has 32 heavy (non-hydrogen) atoms. The maximum atomic E-state index is 14.7. The molecule has 0 unspecified atom stereocenters. The van der Waals surface area contributed by atoms with Gasteiger partial charge in [0.2, 0.25) is 5.95 Å². The van der Waals surface area contributed by atoms with Gasteiger partial charge in [-0.25, -0.2) is 14.2 Å². The standard InChI is InChI=1S/C24H25FN6O/c1-4-27-24(32)31-23-29-20-11-16(17-9-15(8-14(2)3)12-26-13-17)10-18(22(20)30-23)21-19(25)6-5-7-28-21/h5-7,9-14H,4,8H2,1-3H3,(H3,27,29,30,31,32). The fourth-order valence-electron chi connectivity index (χ4n) is 3.65. The summed E-state index contributed by atoms with van der Waals surface area (Å²) in [4.78, 5) is 28.2. The number of hydrogen-bond donors (Lipinski definition) is 3. The predicted molar refractivity (Wildman–Crippen MR) is 124 cm³/mol. The average molecular weight is 433 g/mol. The van der Waals surface area contributed by atoms with Crippen LogP contribution in [-0.4, -0.2) is 32.5 Å². The number of H-pyrrole nitrogens is 1. The van der Waals surface area contributed by atoms with Gasteiger partial charge in [-0.2, -0.15) is 0 Å². The Morgan fingerprint density at radius 3 is 2.78 bits per heavy atom. The largest absolute Gasteiger partial charge is 0.338 e. The van der Waals surface area contributed by atoms with Crippen LogP contribution in [0.3, 0.4) is 0 Å². The molecule has 4 aromatic rings. The van der Waals surface area contributed by atoms with Crippen molar-refractivity contribution in [3.8, 4) is 22.4 Å². The van der Waals surface area contributed by atoms with E-state index in [1.54, 1.807) is 18.5 Å². The van der Waals surface area contributed by atoms with Gasteiger partial charge in [0.05, 0.1) is 5.52 Å². The molecule has 0 bridgehead atoms. The highest BCUT2D eigenvalue weighted by Gasteiger charge is 2.17. The summed E-state index contributed by atoms with van der Waals surface area (Å²) in [7, 11) is 0. The number of nitrogens with one attached hydrogen (secondary N) is 3. The molecule has 7 nitrogen and oxygen atoms in total. The van der Waals surface area contributed by atoms with Gasteiger partial charge in [0.1, 0.15) is 17.0 Å². The number of urea groups is 1. The fraction of sp³-hybridized carbons (Fsp3) is 0.250. The summed E-state index contributed by atoms with van der Waals surface area (Å²) in [5.41, 5.74) is 4.80. The minimum Gasteiger partial charge on any atom is -0.338 e. The first-order chi connectivity index (χ1) is 15.4. The van der Waals surface area contributed by atoms with Gasteiger partial charge in [-0.15, -0.1) is 0 Å². The zero-order chi connectivity index (χ0) is 22.7. The van der Waals surface area contributed by atoms with E-state index in [0.29, 0.717) is 29.1 Å². The molecule has 0 saturated carbocycles. The minimum atomic E-state index is -0.445. The second-order valence-corrected chi connectivity index (χ2v) is 8.00. The number of aromatic amines is 1. The van der Waals surface area contributed by atoms with E-state index in [2.05, 4.69) is 50.5 Å². The van der Waals surface area contributed by atoms with E-state index in [-0.39, 0.29) is 17.7 Å². The molecule has 164 valence electrons. The number of imidazole rings is 1. The highest BCUT2D eigenvalue weighted by Crippen LogP contribution is 2.34. The lowest BCUT2D eigenvalue weighted by atomic mass is 9.98. The van der Waals surface area contributed by atoms with Crippen molar-refractivity contribution in [3.05, 3.63) is 60.3 Å². The van der Waals surface area contributed by atoms with E-state index < -0.39 is 5.82 Å². The Labute approximate surface area is 185 Å². The van der Waals surface area contributed by atoms with Gasteiger partial charge >= 0.3 is 6.03 Å². The smallest absolute Gasteiger partial charge is 0.321 e. The third-order valence-electron chi connectivity index (χ3n) is 4.94. The molecular formula is C24H25FN6O. The first-order valence-electron chi connectivity index (χ1n) is 10.6. The molecule has 8 heteroatoms. The second kappa shape index (κ2) is 9.13. The Bertz CT molecular complexity index is 1270. The van der Waals surface area contributed by atoms with Gasteiger partial charge < -0.3 is 10.3 Å². The topological polar surface area (TPSA) is 95.6 Å². The fourth-order valence-corrected chi connectivity index (χ4v) is 3.65. The van der Waals surface area contributed by atoms with Crippen LogP contribution >= 0.6 is 0 Å². The Morgan fingerprint density at radius 1 is 1.19 bits per heavy atom. The Hall–Kier alpha value is -3.81. The number of carbonyl (C=O) groups is 1. The molecule has 0 saturated heterocycles. The van der Waals surface area contributed by atoms with E-state index in [1.165, 1.54) is 6.07 Å². The van der Waals surface area contributed by atoms with Crippen molar-refractivity contribution in [1.82, 2.24) is 25.3 Å². The van der Waals surface area contributed by atoms with Crippen molar-refractivity contribution in [2.45, 2.75) is 27.2 Å². The SMILES string of the molecule is CCNC(=O)Nc1nc2c(-c3ncccc3F)cc(-c3cncc(CC(C)C)c3)cc2[nH]1. The number of hydrogen-bond acceptors (Lipinski definition) is 4. The first-order valence-corrected chi connectivity index (χ1v) is 10.6. The third-order valence-corrected chi connectivity index (χ3v) is 4.94. The van der Waals surface area contributed by atoms with E-state index in [0.717, 1.165) is 23.1 Å². The van der Waals surface area contributed by atoms with Crippen LogP contribution in [0, 0.1) is 11.7 Å². The molecule has 0 radical (unpaired) electrons. The van der Waals surface area contributed by atoms with Crippen LogP contribution in [0.5, 0.6) is 0 Å². The zero-order valence-electron chi connectivity index (χ0n) is 18.2. The molecule has 3 heterocycles. The molecule has 0 aliphatic heterocycles. The van der Waals surface area contributed by atoms with Crippen LogP contribution in [0.15, 0.2) is 48.9 Å². The molecule has 0 fully saturated rings. The second-order valence-electron chi connectivity index (χ2n) is 8.00. The maximum Gasteiger partial charge on any atom is 0.321 e. The summed E-state index contributed by atoms with van der Waals surface area (Å²) in [5, 5.41) is 5.33. The van der Waals surface area contributed by atoms with Gasteiger partial charge in [0.15, 0.2) is 0 Å². The number of nitrogens with zero attached hydrogens (tertiary/aromatic N) is 3. The third kappa shape index (κ3) is 4.59. The molecule has 0 aliphatic rings. The molecular weight excluding hydrogens is 407 g/mol.